The molecule has 0 unspecified atom stereocenters. The van der Waals surface area contributed by atoms with Crippen LogP contribution in [-0.4, -0.2) is 24.2 Å². The number of hydrogen-bond donors (Lipinski definition) is 2. The third-order valence-corrected chi connectivity index (χ3v) is 7.87. The Hall–Kier alpha value is -3.32. The van der Waals surface area contributed by atoms with Crippen LogP contribution in [0.4, 0.5) is 15.8 Å². The molecule has 4 aromatic rings. The lowest BCUT2D eigenvalue weighted by atomic mass is 10.3. The normalized spacial score (nSPS) is 11.7. The van der Waals surface area contributed by atoms with Gasteiger partial charge < -0.3 is 5.32 Å². The Balaban J connectivity index is 1.41. The van der Waals surface area contributed by atoms with Crippen LogP contribution in [-0.2, 0) is 14.8 Å². The number of fused-ring (bicyclic) bond motifs is 1. The van der Waals surface area contributed by atoms with E-state index in [4.69, 9.17) is 11.6 Å². The maximum atomic E-state index is 12.7. The molecule has 0 aliphatic rings. The lowest BCUT2D eigenvalue weighted by Gasteiger charge is -2.07. The Kier molecular flexibility index (Phi) is 6.42. The molecule has 0 saturated heterocycles. The van der Waals surface area contributed by atoms with E-state index < -0.39 is 20.9 Å². The minimum Gasteiger partial charge on any atom is -0.323 e. The van der Waals surface area contributed by atoms with E-state index in [1.54, 1.807) is 24.3 Å². The Morgan fingerprint density at radius 3 is 2.55 bits per heavy atom. The average molecular weight is 521 g/mol. The van der Waals surface area contributed by atoms with E-state index in [1.807, 2.05) is 0 Å². The van der Waals surface area contributed by atoms with Gasteiger partial charge in [0, 0.05) is 27.7 Å². The number of thiazole rings is 1. The molecule has 33 heavy (non-hydrogen) atoms. The highest BCUT2D eigenvalue weighted by Gasteiger charge is 2.17. The van der Waals surface area contributed by atoms with Gasteiger partial charge in [0.05, 0.1) is 20.0 Å². The van der Waals surface area contributed by atoms with Crippen LogP contribution in [0.1, 0.15) is 4.88 Å². The SMILES string of the molecule is O=C(/C=C/c1ccc([N+](=O)[O-])s1)Nc1ccc(S(=O)(=O)Nc2nc3cc(Cl)ccc3s2)cc1. The third kappa shape index (κ3) is 5.54. The van der Waals surface area contributed by atoms with E-state index in [1.165, 1.54) is 53.8 Å². The molecule has 168 valence electrons. The van der Waals surface area contributed by atoms with Crippen molar-refractivity contribution in [3.05, 3.63) is 80.7 Å². The number of sulfonamides is 1. The topological polar surface area (TPSA) is 131 Å². The predicted molar refractivity (Wildman–Crippen MR) is 131 cm³/mol. The van der Waals surface area contributed by atoms with Gasteiger partial charge in [0.2, 0.25) is 5.91 Å². The van der Waals surface area contributed by atoms with E-state index in [-0.39, 0.29) is 15.0 Å². The first kappa shape index (κ1) is 22.9. The number of nitrogens with zero attached hydrogens (tertiary/aromatic N) is 2. The van der Waals surface area contributed by atoms with Crippen molar-refractivity contribution in [3.8, 4) is 0 Å². The Morgan fingerprint density at radius 2 is 1.85 bits per heavy atom. The molecule has 2 N–H and O–H groups in total. The first-order valence-corrected chi connectivity index (χ1v) is 12.6. The molecule has 2 aromatic heterocycles. The molecule has 2 aromatic carbocycles. The number of carbonyl (C=O) groups excluding carboxylic acids is 1. The molecule has 0 atom stereocenters. The fourth-order valence-corrected chi connectivity index (χ4v) is 5.68. The van der Waals surface area contributed by atoms with E-state index >= 15 is 0 Å². The highest BCUT2D eigenvalue weighted by atomic mass is 35.5. The van der Waals surface area contributed by atoms with Crippen LogP contribution >= 0.6 is 34.3 Å². The van der Waals surface area contributed by atoms with Gasteiger partial charge in [-0.15, -0.1) is 0 Å². The van der Waals surface area contributed by atoms with Crippen LogP contribution in [0.5, 0.6) is 0 Å². The summed E-state index contributed by atoms with van der Waals surface area (Å²) in [6.45, 7) is 0. The number of benzene rings is 2. The van der Waals surface area contributed by atoms with Gasteiger partial charge in [-0.2, -0.15) is 0 Å². The van der Waals surface area contributed by atoms with Gasteiger partial charge in [0.25, 0.3) is 10.0 Å². The number of nitrogens with one attached hydrogen (secondary N) is 2. The number of aromatic nitrogens is 1. The lowest BCUT2D eigenvalue weighted by molar-refractivity contribution is -0.380. The summed E-state index contributed by atoms with van der Waals surface area (Å²) in [6, 6.07) is 13.6. The number of nitro groups is 1. The molecular weight excluding hydrogens is 508 g/mol. The summed E-state index contributed by atoms with van der Waals surface area (Å²) in [4.78, 5) is 27.1. The Bertz CT molecular complexity index is 1490. The van der Waals surface area contributed by atoms with E-state index in [0.29, 0.717) is 21.1 Å². The maximum absolute atomic E-state index is 12.7. The molecule has 13 heteroatoms. The van der Waals surface area contributed by atoms with Crippen LogP contribution in [0.25, 0.3) is 16.3 Å². The second kappa shape index (κ2) is 9.27. The number of anilines is 2. The largest absolute Gasteiger partial charge is 0.324 e. The Labute approximate surface area is 200 Å². The number of amides is 1. The molecule has 0 spiro atoms. The van der Waals surface area contributed by atoms with Gasteiger partial charge in [-0.1, -0.05) is 34.3 Å². The second-order valence-corrected chi connectivity index (χ2v) is 10.8. The standard InChI is InChI=1S/C20H13ClN4O5S3/c21-12-1-8-17-16(11-12)23-20(32-17)24-33(29,30)15-6-2-13(3-7-15)22-18(26)9-4-14-5-10-19(31-14)25(27)28/h1-11H,(H,22,26)(H,23,24)/b9-4+. The quantitative estimate of drug-likeness (QED) is 0.191. The number of hydrogen-bond acceptors (Lipinski definition) is 8. The number of halogens is 1. The fraction of sp³-hybridized carbons (Fsp3) is 0. The molecular formula is C20H13ClN4O5S3. The zero-order chi connectivity index (χ0) is 23.6. The van der Waals surface area contributed by atoms with Crippen LogP contribution < -0.4 is 10.0 Å². The molecule has 0 saturated carbocycles. The van der Waals surface area contributed by atoms with Crippen LogP contribution in [0.15, 0.2) is 65.6 Å². The second-order valence-electron chi connectivity index (χ2n) is 6.52. The summed E-state index contributed by atoms with van der Waals surface area (Å²) in [5.41, 5.74) is 0.976. The molecule has 0 aliphatic heterocycles. The van der Waals surface area contributed by atoms with Crippen molar-refractivity contribution in [3.63, 3.8) is 0 Å². The highest BCUT2D eigenvalue weighted by molar-refractivity contribution is 7.93. The number of rotatable bonds is 7. The molecule has 4 rings (SSSR count). The highest BCUT2D eigenvalue weighted by Crippen LogP contribution is 2.30. The fourth-order valence-electron chi connectivity index (χ4n) is 2.71. The minimum atomic E-state index is -3.88. The van der Waals surface area contributed by atoms with Crippen molar-refractivity contribution in [2.24, 2.45) is 0 Å². The average Bonchev–Trinajstić information content (AvgIpc) is 3.38. The Morgan fingerprint density at radius 1 is 1.09 bits per heavy atom. The first-order valence-electron chi connectivity index (χ1n) is 9.12. The lowest BCUT2D eigenvalue weighted by Crippen LogP contribution is -2.13. The van der Waals surface area contributed by atoms with Gasteiger partial charge in [-0.3, -0.25) is 19.6 Å². The van der Waals surface area contributed by atoms with Crippen molar-refractivity contribution in [1.29, 1.82) is 0 Å². The first-order chi connectivity index (χ1) is 15.7. The van der Waals surface area contributed by atoms with Gasteiger partial charge in [0.15, 0.2) is 5.13 Å². The number of carbonyl (C=O) groups is 1. The molecule has 1 amide bonds. The molecule has 0 aliphatic carbocycles. The third-order valence-electron chi connectivity index (χ3n) is 4.19. The molecule has 0 bridgehead atoms. The molecule has 2 heterocycles. The molecule has 9 nitrogen and oxygen atoms in total. The maximum Gasteiger partial charge on any atom is 0.324 e. The summed E-state index contributed by atoms with van der Waals surface area (Å²) in [6.07, 6.45) is 2.70. The summed E-state index contributed by atoms with van der Waals surface area (Å²) < 4.78 is 28.6. The van der Waals surface area contributed by atoms with Gasteiger partial charge in [-0.05, 0) is 54.6 Å². The van der Waals surface area contributed by atoms with Crippen molar-refractivity contribution in [2.75, 3.05) is 10.0 Å². The van der Waals surface area contributed by atoms with Crippen molar-refractivity contribution >= 4 is 82.3 Å². The van der Waals surface area contributed by atoms with E-state index in [0.717, 1.165) is 16.0 Å². The molecule has 0 radical (unpaired) electrons. The van der Waals surface area contributed by atoms with Crippen molar-refractivity contribution in [2.45, 2.75) is 4.90 Å². The molecule has 0 fully saturated rings. The summed E-state index contributed by atoms with van der Waals surface area (Å²) in [5, 5.41) is 14.0. The van der Waals surface area contributed by atoms with E-state index in [2.05, 4.69) is 15.0 Å². The van der Waals surface area contributed by atoms with Gasteiger partial charge in [-0.25, -0.2) is 13.4 Å². The number of thiophene rings is 1. The zero-order valence-corrected chi connectivity index (χ0v) is 19.6. The zero-order valence-electron chi connectivity index (χ0n) is 16.4. The minimum absolute atomic E-state index is 0.000718. The monoisotopic (exact) mass is 520 g/mol. The van der Waals surface area contributed by atoms with Crippen LogP contribution in [0.2, 0.25) is 5.02 Å². The van der Waals surface area contributed by atoms with Crippen molar-refractivity contribution in [1.82, 2.24) is 4.98 Å². The van der Waals surface area contributed by atoms with Crippen molar-refractivity contribution < 1.29 is 18.1 Å². The smallest absolute Gasteiger partial charge is 0.323 e. The van der Waals surface area contributed by atoms with E-state index in [9.17, 15) is 23.3 Å². The van der Waals surface area contributed by atoms with Gasteiger partial charge in [0.1, 0.15) is 0 Å². The summed E-state index contributed by atoms with van der Waals surface area (Å²) in [5.74, 6) is -0.465. The summed E-state index contributed by atoms with van der Waals surface area (Å²) >= 11 is 8.07. The van der Waals surface area contributed by atoms with Crippen LogP contribution in [0, 0.1) is 10.1 Å². The predicted octanol–water partition coefficient (Wildman–Crippen LogP) is 5.37. The van der Waals surface area contributed by atoms with Gasteiger partial charge >= 0.3 is 5.00 Å². The van der Waals surface area contributed by atoms with Crippen LogP contribution in [0.3, 0.4) is 0 Å². The summed E-state index contributed by atoms with van der Waals surface area (Å²) in [7, 11) is -3.88.